The topological polar surface area (TPSA) is 67.4 Å². The largest absolute Gasteiger partial charge is 0.370 e. The molecule has 98 valence electrons. The molecule has 0 radical (unpaired) electrons. The van der Waals surface area contributed by atoms with E-state index in [4.69, 9.17) is 5.73 Å². The minimum absolute atomic E-state index is 0.280. The number of hydrogen-bond donors (Lipinski definition) is 1. The summed E-state index contributed by atoms with van der Waals surface area (Å²) in [4.78, 5) is 15.4. The van der Waals surface area contributed by atoms with E-state index in [-0.39, 0.29) is 5.54 Å². The summed E-state index contributed by atoms with van der Waals surface area (Å²) in [6, 6.07) is 0.336. The molecule has 1 aromatic heterocycles. The number of aliphatic imine (C=N–C) groups is 1. The lowest BCUT2D eigenvalue weighted by Crippen LogP contribution is -2.52. The first-order valence-corrected chi connectivity index (χ1v) is 6.38. The van der Waals surface area contributed by atoms with Gasteiger partial charge < -0.3 is 10.6 Å². The van der Waals surface area contributed by atoms with Gasteiger partial charge >= 0.3 is 0 Å². The zero-order chi connectivity index (χ0) is 13.3. The van der Waals surface area contributed by atoms with Crippen molar-refractivity contribution in [3.8, 4) is 0 Å². The molecule has 0 amide bonds. The average Bonchev–Trinajstić information content (AvgIpc) is 2.66. The molecule has 1 aromatic rings. The Morgan fingerprint density at radius 2 is 2.11 bits per heavy atom. The Balaban J connectivity index is 2.45. The second-order valence-electron chi connectivity index (χ2n) is 5.07. The van der Waals surface area contributed by atoms with Gasteiger partial charge in [-0.1, -0.05) is 6.92 Å². The molecule has 1 aliphatic rings. The highest BCUT2D eigenvalue weighted by molar-refractivity contribution is 5.81. The van der Waals surface area contributed by atoms with Crippen LogP contribution in [0.2, 0.25) is 0 Å². The molecule has 2 atom stereocenters. The number of rotatable bonds is 3. The molecule has 5 nitrogen and oxygen atoms in total. The van der Waals surface area contributed by atoms with Crippen LogP contribution in [0.3, 0.4) is 0 Å². The van der Waals surface area contributed by atoms with Gasteiger partial charge in [0.25, 0.3) is 0 Å². The second kappa shape index (κ2) is 4.55. The fraction of sp³-hybridized carbons (Fsp3) is 0.615. The van der Waals surface area contributed by atoms with Crippen molar-refractivity contribution in [1.82, 2.24) is 14.9 Å². The molecular formula is C13H21N5. The zero-order valence-corrected chi connectivity index (χ0v) is 11.5. The Morgan fingerprint density at radius 1 is 1.44 bits per heavy atom. The molecule has 5 heteroatoms. The molecule has 2 heterocycles. The molecule has 0 saturated carbocycles. The molecule has 1 aliphatic heterocycles. The van der Waals surface area contributed by atoms with Crippen LogP contribution < -0.4 is 5.73 Å². The number of nitrogens with zero attached hydrogens (tertiary/aromatic N) is 4. The maximum atomic E-state index is 6.05. The van der Waals surface area contributed by atoms with Gasteiger partial charge in [-0.15, -0.1) is 0 Å². The van der Waals surface area contributed by atoms with E-state index in [0.717, 1.165) is 17.8 Å². The van der Waals surface area contributed by atoms with Gasteiger partial charge in [0.1, 0.15) is 5.54 Å². The van der Waals surface area contributed by atoms with Crippen LogP contribution >= 0.6 is 0 Å². The minimum atomic E-state index is -0.280. The number of aromatic nitrogens is 2. The van der Waals surface area contributed by atoms with E-state index >= 15 is 0 Å². The Labute approximate surface area is 108 Å². The minimum Gasteiger partial charge on any atom is -0.370 e. The summed E-state index contributed by atoms with van der Waals surface area (Å²) in [7, 11) is 0. The quantitative estimate of drug-likeness (QED) is 0.877. The molecule has 2 N–H and O–H groups in total. The monoisotopic (exact) mass is 247 g/mol. The van der Waals surface area contributed by atoms with Gasteiger partial charge in [-0.25, -0.2) is 0 Å². The summed E-state index contributed by atoms with van der Waals surface area (Å²) in [5.41, 5.74) is 7.68. The van der Waals surface area contributed by atoms with Crippen molar-refractivity contribution in [3.63, 3.8) is 0 Å². The summed E-state index contributed by atoms with van der Waals surface area (Å²) in [6.07, 6.45) is 4.47. The summed E-state index contributed by atoms with van der Waals surface area (Å²) < 4.78 is 0. The number of aryl methyl sites for hydroxylation is 1. The first-order chi connectivity index (χ1) is 8.50. The summed E-state index contributed by atoms with van der Waals surface area (Å²) in [5.74, 6) is 0.608. The third kappa shape index (κ3) is 1.83. The molecule has 0 aromatic carbocycles. The summed E-state index contributed by atoms with van der Waals surface area (Å²) >= 11 is 0. The Bertz CT molecular complexity index is 470. The van der Waals surface area contributed by atoms with Gasteiger partial charge in [0.05, 0.1) is 17.9 Å². The molecule has 0 bridgehead atoms. The van der Waals surface area contributed by atoms with Crippen LogP contribution in [0.1, 0.15) is 38.6 Å². The third-order valence-electron chi connectivity index (χ3n) is 3.75. The molecule has 2 unspecified atom stereocenters. The highest BCUT2D eigenvalue weighted by atomic mass is 15.4. The van der Waals surface area contributed by atoms with E-state index in [0.29, 0.717) is 18.5 Å². The first kappa shape index (κ1) is 12.8. The Hall–Kier alpha value is -1.65. The standard InChI is InChI=1S/C13H21N5/c1-5-9(2)18-12(14)17-8-13(18,4)11-10(3)15-6-7-16-11/h6-7,9H,5,8H2,1-4H3,(H2,14,17). The fourth-order valence-electron chi connectivity index (χ4n) is 2.66. The van der Waals surface area contributed by atoms with Gasteiger partial charge in [0.2, 0.25) is 0 Å². The molecule has 0 spiro atoms. The van der Waals surface area contributed by atoms with Crippen LogP contribution in [-0.2, 0) is 5.54 Å². The van der Waals surface area contributed by atoms with Gasteiger partial charge in [-0.05, 0) is 27.2 Å². The third-order valence-corrected chi connectivity index (χ3v) is 3.75. The van der Waals surface area contributed by atoms with E-state index in [2.05, 4.69) is 40.6 Å². The summed E-state index contributed by atoms with van der Waals surface area (Å²) in [6.45, 7) is 9.08. The average molecular weight is 247 g/mol. The lowest BCUT2D eigenvalue weighted by atomic mass is 9.93. The predicted molar refractivity (Wildman–Crippen MR) is 72.2 cm³/mol. The molecule has 18 heavy (non-hydrogen) atoms. The van der Waals surface area contributed by atoms with Crippen LogP contribution in [-0.4, -0.2) is 33.4 Å². The van der Waals surface area contributed by atoms with Crippen LogP contribution in [0.5, 0.6) is 0 Å². The van der Waals surface area contributed by atoms with Crippen LogP contribution in [0.4, 0.5) is 0 Å². The van der Waals surface area contributed by atoms with Crippen LogP contribution in [0.15, 0.2) is 17.4 Å². The van der Waals surface area contributed by atoms with Crippen molar-refractivity contribution in [1.29, 1.82) is 0 Å². The fourth-order valence-corrected chi connectivity index (χ4v) is 2.66. The van der Waals surface area contributed by atoms with Crippen molar-refractivity contribution in [2.75, 3.05) is 6.54 Å². The van der Waals surface area contributed by atoms with E-state index in [9.17, 15) is 0 Å². The number of hydrogen-bond acceptors (Lipinski definition) is 5. The maximum absolute atomic E-state index is 6.05. The van der Waals surface area contributed by atoms with Crippen molar-refractivity contribution in [2.24, 2.45) is 10.7 Å². The normalized spacial score (nSPS) is 25.1. The predicted octanol–water partition coefficient (Wildman–Crippen LogP) is 1.43. The smallest absolute Gasteiger partial charge is 0.192 e. The second-order valence-corrected chi connectivity index (χ2v) is 5.07. The lowest BCUT2D eigenvalue weighted by Gasteiger charge is -2.40. The number of nitrogens with two attached hydrogens (primary N) is 1. The van der Waals surface area contributed by atoms with E-state index in [1.807, 2.05) is 6.92 Å². The molecule has 2 rings (SSSR count). The van der Waals surface area contributed by atoms with Crippen LogP contribution in [0, 0.1) is 6.92 Å². The van der Waals surface area contributed by atoms with Gasteiger partial charge in [0.15, 0.2) is 5.96 Å². The zero-order valence-electron chi connectivity index (χ0n) is 11.5. The SMILES string of the molecule is CCC(C)N1C(N)=NCC1(C)c1nccnc1C. The van der Waals surface area contributed by atoms with Gasteiger partial charge in [-0.2, -0.15) is 0 Å². The Morgan fingerprint density at radius 3 is 2.72 bits per heavy atom. The number of guanidine groups is 1. The van der Waals surface area contributed by atoms with E-state index in [1.165, 1.54) is 0 Å². The maximum Gasteiger partial charge on any atom is 0.192 e. The van der Waals surface area contributed by atoms with E-state index < -0.39 is 0 Å². The molecule has 0 aliphatic carbocycles. The highest BCUT2D eigenvalue weighted by Gasteiger charge is 2.43. The van der Waals surface area contributed by atoms with Crippen molar-refractivity contribution < 1.29 is 0 Å². The van der Waals surface area contributed by atoms with Crippen molar-refractivity contribution in [2.45, 2.75) is 45.7 Å². The van der Waals surface area contributed by atoms with Crippen LogP contribution in [0.25, 0.3) is 0 Å². The molecule has 0 saturated heterocycles. The van der Waals surface area contributed by atoms with Crippen molar-refractivity contribution >= 4 is 5.96 Å². The lowest BCUT2D eigenvalue weighted by molar-refractivity contribution is 0.165. The van der Waals surface area contributed by atoms with Gasteiger partial charge in [0, 0.05) is 18.4 Å². The van der Waals surface area contributed by atoms with E-state index in [1.54, 1.807) is 12.4 Å². The Kier molecular flexibility index (Phi) is 3.24. The first-order valence-electron chi connectivity index (χ1n) is 6.38. The molecule has 0 fully saturated rings. The molecular weight excluding hydrogens is 226 g/mol. The van der Waals surface area contributed by atoms with Gasteiger partial charge in [-0.3, -0.25) is 15.0 Å². The highest BCUT2D eigenvalue weighted by Crippen LogP contribution is 2.34. The van der Waals surface area contributed by atoms with Crippen molar-refractivity contribution in [3.05, 3.63) is 23.8 Å². The summed E-state index contributed by atoms with van der Waals surface area (Å²) in [5, 5.41) is 0.